The predicted molar refractivity (Wildman–Crippen MR) is 68.7 cm³/mol. The van der Waals surface area contributed by atoms with Crippen LogP contribution in [0, 0.1) is 12.8 Å². The fraction of sp³-hybridized carbons (Fsp3) is 0.429. The zero-order chi connectivity index (χ0) is 12.5. The molecule has 0 amide bonds. The van der Waals surface area contributed by atoms with Crippen molar-refractivity contribution >= 4 is 16.9 Å². The fourth-order valence-electron chi connectivity index (χ4n) is 2.52. The van der Waals surface area contributed by atoms with E-state index in [1.807, 2.05) is 25.1 Å². The molecule has 1 aromatic carbocycles. The van der Waals surface area contributed by atoms with Crippen molar-refractivity contribution in [2.75, 3.05) is 13.1 Å². The topological polar surface area (TPSA) is 55.1 Å². The fourth-order valence-corrected chi connectivity index (χ4v) is 2.52. The Morgan fingerprint density at radius 2 is 2.17 bits per heavy atom. The van der Waals surface area contributed by atoms with Crippen LogP contribution >= 0.6 is 0 Å². The summed E-state index contributed by atoms with van der Waals surface area (Å²) in [6, 6.07) is 5.52. The first-order valence-electron chi connectivity index (χ1n) is 6.36. The van der Waals surface area contributed by atoms with Crippen molar-refractivity contribution in [3.63, 3.8) is 0 Å². The molecule has 3 rings (SSSR count). The highest BCUT2D eigenvalue weighted by atomic mass is 16.3. The number of hydrogen-bond donors (Lipinski definition) is 1. The number of aromatic nitrogens is 1. The lowest BCUT2D eigenvalue weighted by atomic mass is 9.89. The zero-order valence-electron chi connectivity index (χ0n) is 10.4. The molecule has 0 aliphatic carbocycles. The van der Waals surface area contributed by atoms with Crippen molar-refractivity contribution in [1.82, 2.24) is 10.3 Å². The second-order valence-corrected chi connectivity index (χ2v) is 4.80. The van der Waals surface area contributed by atoms with E-state index in [9.17, 15) is 4.79 Å². The van der Waals surface area contributed by atoms with Crippen molar-refractivity contribution in [2.24, 2.45) is 5.92 Å². The molecule has 1 aromatic heterocycles. The standard InChI is InChI=1S/C14H16N2O2/c1-9-16-12-8-11(2-3-13(12)18-9)14(17)10-4-6-15-7-5-10/h2-3,8,10,15H,4-7H2,1H3. The maximum Gasteiger partial charge on any atom is 0.192 e. The highest BCUT2D eigenvalue weighted by Crippen LogP contribution is 2.22. The molecule has 0 unspecified atom stereocenters. The minimum absolute atomic E-state index is 0.150. The number of fused-ring (bicyclic) bond motifs is 1. The number of nitrogens with one attached hydrogen (secondary N) is 1. The van der Waals surface area contributed by atoms with E-state index in [1.54, 1.807) is 0 Å². The molecule has 2 heterocycles. The number of benzene rings is 1. The lowest BCUT2D eigenvalue weighted by Crippen LogP contribution is -2.31. The number of carbonyl (C=O) groups is 1. The molecule has 0 atom stereocenters. The zero-order valence-corrected chi connectivity index (χ0v) is 10.4. The molecule has 2 aromatic rings. The van der Waals surface area contributed by atoms with Gasteiger partial charge in [-0.1, -0.05) is 0 Å². The molecule has 0 saturated carbocycles. The summed E-state index contributed by atoms with van der Waals surface area (Å²) in [5.74, 6) is 1.02. The Balaban J connectivity index is 1.90. The summed E-state index contributed by atoms with van der Waals surface area (Å²) in [4.78, 5) is 16.6. The monoisotopic (exact) mass is 244 g/mol. The third-order valence-electron chi connectivity index (χ3n) is 3.49. The lowest BCUT2D eigenvalue weighted by molar-refractivity contribution is 0.0895. The highest BCUT2D eigenvalue weighted by Gasteiger charge is 2.22. The summed E-state index contributed by atoms with van der Waals surface area (Å²) >= 11 is 0. The number of oxazole rings is 1. The molecule has 1 aliphatic rings. The Morgan fingerprint density at radius 3 is 2.94 bits per heavy atom. The van der Waals surface area contributed by atoms with Crippen molar-refractivity contribution in [3.8, 4) is 0 Å². The molecular weight excluding hydrogens is 228 g/mol. The first-order valence-corrected chi connectivity index (χ1v) is 6.36. The number of aryl methyl sites for hydroxylation is 1. The summed E-state index contributed by atoms with van der Waals surface area (Å²) in [6.07, 6.45) is 1.85. The van der Waals surface area contributed by atoms with Gasteiger partial charge in [0.2, 0.25) is 0 Å². The van der Waals surface area contributed by atoms with E-state index in [0.717, 1.165) is 42.6 Å². The van der Waals surface area contributed by atoms with Gasteiger partial charge < -0.3 is 9.73 Å². The van der Waals surface area contributed by atoms with Crippen LogP contribution in [-0.2, 0) is 0 Å². The van der Waals surface area contributed by atoms with Crippen LogP contribution in [0.4, 0.5) is 0 Å². The van der Waals surface area contributed by atoms with Crippen LogP contribution in [0.15, 0.2) is 22.6 Å². The van der Waals surface area contributed by atoms with E-state index < -0.39 is 0 Å². The molecule has 1 aliphatic heterocycles. The maximum atomic E-state index is 12.4. The first kappa shape index (κ1) is 11.4. The van der Waals surface area contributed by atoms with Gasteiger partial charge in [0.05, 0.1) is 0 Å². The smallest absolute Gasteiger partial charge is 0.192 e. The van der Waals surface area contributed by atoms with Crippen LogP contribution < -0.4 is 5.32 Å². The molecule has 4 heteroatoms. The van der Waals surface area contributed by atoms with Gasteiger partial charge in [-0.05, 0) is 44.1 Å². The molecule has 18 heavy (non-hydrogen) atoms. The minimum atomic E-state index is 0.150. The van der Waals surface area contributed by atoms with Crippen molar-refractivity contribution in [3.05, 3.63) is 29.7 Å². The molecule has 0 radical (unpaired) electrons. The maximum absolute atomic E-state index is 12.4. The number of nitrogens with zero attached hydrogens (tertiary/aromatic N) is 1. The van der Waals surface area contributed by atoms with Gasteiger partial charge in [0.25, 0.3) is 0 Å². The number of hydrogen-bond acceptors (Lipinski definition) is 4. The van der Waals surface area contributed by atoms with Gasteiger partial charge in [-0.3, -0.25) is 4.79 Å². The minimum Gasteiger partial charge on any atom is -0.441 e. The van der Waals surface area contributed by atoms with Gasteiger partial charge in [0.1, 0.15) is 5.52 Å². The quantitative estimate of drug-likeness (QED) is 0.824. The van der Waals surface area contributed by atoms with Gasteiger partial charge in [0.15, 0.2) is 17.3 Å². The highest BCUT2D eigenvalue weighted by molar-refractivity contribution is 6.00. The summed E-state index contributed by atoms with van der Waals surface area (Å²) < 4.78 is 5.42. The Labute approximate surface area is 105 Å². The molecule has 0 spiro atoms. The van der Waals surface area contributed by atoms with E-state index in [0.29, 0.717) is 5.89 Å². The third-order valence-corrected chi connectivity index (χ3v) is 3.49. The second-order valence-electron chi connectivity index (χ2n) is 4.80. The number of rotatable bonds is 2. The van der Waals surface area contributed by atoms with Gasteiger partial charge in [-0.2, -0.15) is 0 Å². The van der Waals surface area contributed by atoms with Gasteiger partial charge >= 0.3 is 0 Å². The second kappa shape index (κ2) is 4.53. The largest absolute Gasteiger partial charge is 0.441 e. The summed E-state index contributed by atoms with van der Waals surface area (Å²) in [5, 5.41) is 3.27. The van der Waals surface area contributed by atoms with Crippen LogP contribution in [0.2, 0.25) is 0 Å². The van der Waals surface area contributed by atoms with Crippen LogP contribution in [-0.4, -0.2) is 23.9 Å². The van der Waals surface area contributed by atoms with Gasteiger partial charge in [0, 0.05) is 18.4 Å². The normalized spacial score (nSPS) is 17.2. The number of ketones is 1. The average molecular weight is 244 g/mol. The predicted octanol–water partition coefficient (Wildman–Crippen LogP) is 2.32. The van der Waals surface area contributed by atoms with E-state index in [-0.39, 0.29) is 11.7 Å². The van der Waals surface area contributed by atoms with E-state index in [1.165, 1.54) is 0 Å². The Morgan fingerprint density at radius 1 is 1.39 bits per heavy atom. The SMILES string of the molecule is Cc1nc2cc(C(=O)C3CCNCC3)ccc2o1. The van der Waals surface area contributed by atoms with Crippen LogP contribution in [0.25, 0.3) is 11.1 Å². The first-order chi connectivity index (χ1) is 8.74. The van der Waals surface area contributed by atoms with E-state index in [4.69, 9.17) is 4.42 Å². The van der Waals surface area contributed by atoms with Gasteiger partial charge in [-0.25, -0.2) is 4.98 Å². The molecule has 4 nitrogen and oxygen atoms in total. The summed E-state index contributed by atoms with van der Waals surface area (Å²) in [7, 11) is 0. The van der Waals surface area contributed by atoms with Crippen molar-refractivity contribution in [2.45, 2.75) is 19.8 Å². The van der Waals surface area contributed by atoms with Crippen LogP contribution in [0.3, 0.4) is 0 Å². The molecule has 1 fully saturated rings. The third kappa shape index (κ3) is 2.04. The molecule has 1 N–H and O–H groups in total. The number of Topliss-reactive ketones (excluding diaryl/α,β-unsaturated/α-hetero) is 1. The van der Waals surface area contributed by atoms with Gasteiger partial charge in [-0.15, -0.1) is 0 Å². The molecule has 0 bridgehead atoms. The molecular formula is C14H16N2O2. The Kier molecular flexibility index (Phi) is 2.88. The van der Waals surface area contributed by atoms with Crippen LogP contribution in [0.5, 0.6) is 0 Å². The van der Waals surface area contributed by atoms with Crippen molar-refractivity contribution < 1.29 is 9.21 Å². The number of piperidine rings is 1. The average Bonchev–Trinajstić information content (AvgIpc) is 2.78. The van der Waals surface area contributed by atoms with E-state index >= 15 is 0 Å². The van der Waals surface area contributed by atoms with Crippen molar-refractivity contribution in [1.29, 1.82) is 0 Å². The molecule has 1 saturated heterocycles. The summed E-state index contributed by atoms with van der Waals surface area (Å²) in [6.45, 7) is 3.68. The number of carbonyl (C=O) groups excluding carboxylic acids is 1. The summed E-state index contributed by atoms with van der Waals surface area (Å²) in [5.41, 5.74) is 2.27. The van der Waals surface area contributed by atoms with Crippen LogP contribution in [0.1, 0.15) is 29.1 Å². The van der Waals surface area contributed by atoms with E-state index in [2.05, 4.69) is 10.3 Å². The Bertz CT molecular complexity index is 582. The lowest BCUT2D eigenvalue weighted by Gasteiger charge is -2.21. The molecule has 94 valence electrons. The Hall–Kier alpha value is -1.68.